The predicted octanol–water partition coefficient (Wildman–Crippen LogP) is 6.55. The van der Waals surface area contributed by atoms with Crippen LogP contribution < -0.4 is 25.6 Å². The molecule has 14 heteroatoms. The Hall–Kier alpha value is -5.45. The smallest absolute Gasteiger partial charge is 0.262 e. The van der Waals surface area contributed by atoms with E-state index in [1.54, 1.807) is 30.3 Å². The maximum absolute atomic E-state index is 13.4. The number of imide groups is 2. The lowest BCUT2D eigenvalue weighted by molar-refractivity contribution is -0.136. The van der Waals surface area contributed by atoms with Crippen molar-refractivity contribution in [2.75, 3.05) is 49.5 Å². The van der Waals surface area contributed by atoms with Crippen LogP contribution in [0.3, 0.4) is 0 Å². The fourth-order valence-electron chi connectivity index (χ4n) is 10.4. The summed E-state index contributed by atoms with van der Waals surface area (Å²) in [4.78, 5) is 69.3. The lowest BCUT2D eigenvalue weighted by Crippen LogP contribution is -2.54. The van der Waals surface area contributed by atoms with Crippen LogP contribution in [0.15, 0.2) is 60.7 Å². The molecule has 320 valence electrons. The molecule has 61 heavy (non-hydrogen) atoms. The highest BCUT2D eigenvalue weighted by atomic mass is 35.5. The van der Waals surface area contributed by atoms with Crippen LogP contribution in [-0.2, 0) is 9.59 Å². The van der Waals surface area contributed by atoms with E-state index in [9.17, 15) is 29.2 Å². The molecule has 3 atom stereocenters. The number of rotatable bonds is 14. The van der Waals surface area contributed by atoms with Crippen LogP contribution in [0.25, 0.3) is 0 Å². The molecule has 0 bridgehead atoms. The van der Waals surface area contributed by atoms with E-state index in [0.29, 0.717) is 21.9 Å². The maximum atomic E-state index is 13.4. The molecule has 0 aromatic heterocycles. The normalized spacial score (nSPS) is 26.2. The lowest BCUT2D eigenvalue weighted by atomic mass is 9.71. The van der Waals surface area contributed by atoms with Crippen LogP contribution >= 0.6 is 11.6 Å². The zero-order valence-corrected chi connectivity index (χ0v) is 35.7. The van der Waals surface area contributed by atoms with Gasteiger partial charge in [-0.25, -0.2) is 0 Å². The molecule has 13 nitrogen and oxygen atoms in total. The van der Waals surface area contributed by atoms with Crippen LogP contribution in [0.5, 0.6) is 5.75 Å². The molecule has 0 spiro atoms. The monoisotopic (exact) mass is 847 g/mol. The largest absolute Gasteiger partial charge is 0.490 e. The molecule has 5 aliphatic rings. The maximum Gasteiger partial charge on any atom is 0.262 e. The number of amides is 5. The molecule has 5 amide bonds. The minimum Gasteiger partial charge on any atom is -0.490 e. The number of piperazine rings is 1. The van der Waals surface area contributed by atoms with Gasteiger partial charge in [-0.15, -0.1) is 0 Å². The molecule has 0 radical (unpaired) electrons. The molecule has 2 aliphatic carbocycles. The molecule has 3 aromatic carbocycles. The Bertz CT molecular complexity index is 2230. The van der Waals surface area contributed by atoms with Gasteiger partial charge in [-0.3, -0.25) is 39.1 Å². The van der Waals surface area contributed by atoms with Crippen molar-refractivity contribution in [3.8, 4) is 11.8 Å². The van der Waals surface area contributed by atoms with E-state index in [4.69, 9.17) is 16.3 Å². The Morgan fingerprint density at radius 2 is 1.57 bits per heavy atom. The summed E-state index contributed by atoms with van der Waals surface area (Å²) < 4.78 is 6.33. The molecular formula is C47H54ClN7O6. The number of anilines is 2. The standard InChI is InChI=1S/C47H54ClN7O6/c1-46-25-33(26-47(46,2)28-36(27-46)61-35-13-9-31(29-49)39(48)24-35)51-42(57)30-7-11-34(12-8-30)54-21-19-53(20-22-54)18-6-4-3-5-17-50-32-10-14-37-38(23-32)45(60)55(44(37)59)40-15-16-41(56)52-43(40)58/h7-14,23-24,33,36,40,50H,3-6,15-22,25-28H2,1-2H3,(H,51,57)(H,52,56,58). The number of fused-ring (bicyclic) bond motifs is 2. The van der Waals surface area contributed by atoms with Crippen LogP contribution in [0.2, 0.25) is 5.02 Å². The molecule has 2 saturated carbocycles. The molecule has 8 rings (SSSR count). The zero-order chi connectivity index (χ0) is 42.9. The Morgan fingerprint density at radius 3 is 2.26 bits per heavy atom. The molecule has 3 aromatic rings. The second-order valence-corrected chi connectivity index (χ2v) is 18.4. The number of nitrogens with zero attached hydrogens (tertiary/aromatic N) is 4. The average molecular weight is 848 g/mol. The van der Waals surface area contributed by atoms with Gasteiger partial charge in [0.05, 0.1) is 27.8 Å². The highest BCUT2D eigenvalue weighted by Gasteiger charge is 2.59. The number of nitrogens with one attached hydrogen (secondary N) is 3. The van der Waals surface area contributed by atoms with Crippen LogP contribution in [0.1, 0.15) is 115 Å². The minimum atomic E-state index is -0.969. The fraction of sp³-hybridized carbons (Fsp3) is 0.489. The van der Waals surface area contributed by atoms with Gasteiger partial charge >= 0.3 is 0 Å². The Kier molecular flexibility index (Phi) is 12.1. The third kappa shape index (κ3) is 8.84. The molecule has 3 aliphatic heterocycles. The zero-order valence-electron chi connectivity index (χ0n) is 34.9. The van der Waals surface area contributed by atoms with Gasteiger partial charge in [0.1, 0.15) is 17.9 Å². The van der Waals surface area contributed by atoms with Gasteiger partial charge in [-0.1, -0.05) is 38.3 Å². The van der Waals surface area contributed by atoms with Crippen LogP contribution in [0, 0.1) is 22.2 Å². The van der Waals surface area contributed by atoms with Gasteiger partial charge in [0.2, 0.25) is 11.8 Å². The number of unbranched alkanes of at least 4 members (excludes halogenated alkanes) is 3. The minimum absolute atomic E-state index is 0.0261. The molecule has 2 saturated heterocycles. The van der Waals surface area contributed by atoms with Crippen molar-refractivity contribution in [2.24, 2.45) is 10.8 Å². The first kappa shape index (κ1) is 42.2. The number of halogens is 1. The summed E-state index contributed by atoms with van der Waals surface area (Å²) in [6.07, 6.45) is 8.20. The molecule has 4 fully saturated rings. The Morgan fingerprint density at radius 1 is 0.869 bits per heavy atom. The summed E-state index contributed by atoms with van der Waals surface area (Å²) in [7, 11) is 0. The van der Waals surface area contributed by atoms with E-state index in [1.165, 1.54) is 0 Å². The number of benzene rings is 3. The second kappa shape index (κ2) is 17.5. The summed E-state index contributed by atoms with van der Waals surface area (Å²) in [6.45, 7) is 10.3. The molecular weight excluding hydrogens is 794 g/mol. The predicted molar refractivity (Wildman–Crippen MR) is 232 cm³/mol. The number of carbonyl (C=O) groups is 5. The summed E-state index contributed by atoms with van der Waals surface area (Å²) in [5, 5.41) is 18.5. The SMILES string of the molecule is CC12CC(NC(=O)c3ccc(N4CCN(CCCCCCNc5ccc6c(c5)C(=O)N(C5CCC(=O)NC5=O)C6=O)CC4)cc3)CC1(C)CC(Oc1ccc(C#N)c(Cl)c1)C2. The van der Waals surface area contributed by atoms with E-state index in [-0.39, 0.29) is 52.9 Å². The van der Waals surface area contributed by atoms with Crippen molar-refractivity contribution >= 4 is 52.5 Å². The van der Waals surface area contributed by atoms with Crippen molar-refractivity contribution < 1.29 is 28.7 Å². The highest BCUT2D eigenvalue weighted by molar-refractivity contribution is 6.31. The number of hydrogen-bond donors (Lipinski definition) is 3. The van der Waals surface area contributed by atoms with Gasteiger partial charge in [-0.05, 0) is 117 Å². The number of hydrogen-bond acceptors (Lipinski definition) is 10. The summed E-state index contributed by atoms with van der Waals surface area (Å²) >= 11 is 6.24. The summed E-state index contributed by atoms with van der Waals surface area (Å²) in [6, 6.07) is 19.6. The first-order valence-electron chi connectivity index (χ1n) is 21.7. The van der Waals surface area contributed by atoms with Crippen LogP contribution in [-0.4, -0.2) is 96.8 Å². The number of carbonyl (C=O) groups excluding carboxylic acids is 5. The van der Waals surface area contributed by atoms with Gasteiger partial charge in [0, 0.05) is 68.2 Å². The number of nitriles is 1. The lowest BCUT2D eigenvalue weighted by Gasteiger charge is -2.36. The summed E-state index contributed by atoms with van der Waals surface area (Å²) in [5.74, 6) is -1.34. The first-order valence-corrected chi connectivity index (χ1v) is 22.0. The topological polar surface area (TPSA) is 164 Å². The van der Waals surface area contributed by atoms with Crippen molar-refractivity contribution in [1.29, 1.82) is 5.26 Å². The third-order valence-corrected chi connectivity index (χ3v) is 14.3. The van der Waals surface area contributed by atoms with E-state index in [2.05, 4.69) is 57.8 Å². The van der Waals surface area contributed by atoms with Crippen molar-refractivity contribution in [3.05, 3.63) is 87.9 Å². The van der Waals surface area contributed by atoms with Gasteiger partial charge in [0.25, 0.3) is 17.7 Å². The second-order valence-electron chi connectivity index (χ2n) is 18.0. The number of piperidine rings is 1. The molecule has 3 unspecified atom stereocenters. The van der Waals surface area contributed by atoms with Gasteiger partial charge in [-0.2, -0.15) is 5.26 Å². The van der Waals surface area contributed by atoms with Gasteiger partial charge in [0.15, 0.2) is 0 Å². The fourth-order valence-corrected chi connectivity index (χ4v) is 10.6. The van der Waals surface area contributed by atoms with E-state index in [1.807, 2.05) is 18.2 Å². The molecule has 3 heterocycles. The highest BCUT2D eigenvalue weighted by Crippen LogP contribution is 2.63. The van der Waals surface area contributed by atoms with E-state index >= 15 is 0 Å². The molecule has 3 N–H and O–H groups in total. The third-order valence-electron chi connectivity index (χ3n) is 13.9. The van der Waals surface area contributed by atoms with Crippen molar-refractivity contribution in [3.63, 3.8) is 0 Å². The first-order chi connectivity index (χ1) is 29.3. The quantitative estimate of drug-likeness (QED) is 0.120. The van der Waals surface area contributed by atoms with E-state index in [0.717, 1.165) is 107 Å². The van der Waals surface area contributed by atoms with Crippen molar-refractivity contribution in [1.82, 2.24) is 20.4 Å². The van der Waals surface area contributed by atoms with E-state index < -0.39 is 29.7 Å². The Balaban J connectivity index is 0.707. The summed E-state index contributed by atoms with van der Waals surface area (Å²) in [5.41, 5.74) is 3.66. The van der Waals surface area contributed by atoms with Crippen molar-refractivity contribution in [2.45, 2.75) is 96.2 Å². The number of ether oxygens (including phenoxy) is 1. The van der Waals surface area contributed by atoms with Crippen LogP contribution in [0.4, 0.5) is 11.4 Å². The average Bonchev–Trinajstić information content (AvgIpc) is 3.73. The Labute approximate surface area is 362 Å². The van der Waals surface area contributed by atoms with Gasteiger partial charge < -0.3 is 20.3 Å².